The van der Waals surface area contributed by atoms with Crippen LogP contribution in [0.4, 0.5) is 26.3 Å². The normalized spacial score (nSPS) is 24.9. The first-order valence-electron chi connectivity index (χ1n) is 9.74. The highest BCUT2D eigenvalue weighted by Crippen LogP contribution is 2.50. The van der Waals surface area contributed by atoms with E-state index in [2.05, 4.69) is 9.05 Å². The molecule has 4 atom stereocenters. The summed E-state index contributed by atoms with van der Waals surface area (Å²) in [6, 6.07) is 0. The van der Waals surface area contributed by atoms with Gasteiger partial charge in [0.05, 0.1) is 25.2 Å². The zero-order chi connectivity index (χ0) is 25.8. The van der Waals surface area contributed by atoms with Crippen LogP contribution in [-0.4, -0.2) is 68.6 Å². The van der Waals surface area contributed by atoms with Crippen molar-refractivity contribution in [1.29, 1.82) is 0 Å². The van der Waals surface area contributed by atoms with E-state index in [4.69, 9.17) is 14.2 Å². The Bertz CT molecular complexity index is 716. The summed E-state index contributed by atoms with van der Waals surface area (Å²) in [5.41, 5.74) is 0. The van der Waals surface area contributed by atoms with Gasteiger partial charge in [-0.25, -0.2) is 0 Å². The first kappa shape index (κ1) is 29.8. The summed E-state index contributed by atoms with van der Waals surface area (Å²) in [6.07, 6.45) is -13.7. The van der Waals surface area contributed by atoms with Crippen molar-refractivity contribution in [3.8, 4) is 0 Å². The lowest BCUT2D eigenvalue weighted by Crippen LogP contribution is -2.54. The molecule has 0 aromatic rings. The molecule has 0 aliphatic carbocycles. The maximum atomic E-state index is 12.5. The molecule has 1 heterocycles. The van der Waals surface area contributed by atoms with Crippen molar-refractivity contribution in [2.75, 3.05) is 26.5 Å². The van der Waals surface area contributed by atoms with E-state index in [1.54, 1.807) is 6.92 Å². The minimum Gasteiger partial charge on any atom is -0.469 e. The average molecular weight is 516 g/mol. The number of ether oxygens (including phenoxy) is 3. The summed E-state index contributed by atoms with van der Waals surface area (Å²) < 4.78 is 111. The molecule has 8 nitrogen and oxygen atoms in total. The molecule has 0 unspecified atom stereocenters. The summed E-state index contributed by atoms with van der Waals surface area (Å²) in [5, 5.41) is 0. The van der Waals surface area contributed by atoms with E-state index in [0.717, 1.165) is 0 Å². The molecule has 194 valence electrons. The lowest BCUT2D eigenvalue weighted by Gasteiger charge is -2.46. The zero-order valence-electron chi connectivity index (χ0n) is 18.6. The lowest BCUT2D eigenvalue weighted by molar-refractivity contribution is -0.324. The third-order valence-corrected chi connectivity index (χ3v) is 6.46. The summed E-state index contributed by atoms with van der Waals surface area (Å²) in [4.78, 5) is 24.4. The topological polar surface area (TPSA) is 97.4 Å². The van der Waals surface area contributed by atoms with E-state index in [9.17, 15) is 40.5 Å². The number of esters is 1. The van der Waals surface area contributed by atoms with Crippen LogP contribution in [0, 0.1) is 11.8 Å². The Morgan fingerprint density at radius 2 is 1.52 bits per heavy atom. The van der Waals surface area contributed by atoms with Gasteiger partial charge in [0.1, 0.15) is 11.9 Å². The molecule has 1 aliphatic heterocycles. The molecule has 0 aromatic heterocycles. The number of hydrogen-bond donors (Lipinski definition) is 0. The number of ketones is 1. The van der Waals surface area contributed by atoms with Crippen LogP contribution in [0.5, 0.6) is 0 Å². The monoisotopic (exact) mass is 516 g/mol. The van der Waals surface area contributed by atoms with Crippen LogP contribution in [0.1, 0.15) is 34.1 Å². The first-order valence-corrected chi connectivity index (χ1v) is 11.5. The lowest BCUT2D eigenvalue weighted by atomic mass is 9.85. The van der Waals surface area contributed by atoms with Gasteiger partial charge in [0, 0.05) is 12.3 Å². The third-order valence-electron chi connectivity index (χ3n) is 4.67. The van der Waals surface area contributed by atoms with Gasteiger partial charge in [0.25, 0.3) is 0 Å². The number of hydrogen-bond acceptors (Lipinski definition) is 8. The number of halogens is 6. The van der Waals surface area contributed by atoms with Gasteiger partial charge in [0.15, 0.2) is 19.0 Å². The highest BCUT2D eigenvalue weighted by Gasteiger charge is 2.47. The number of carbonyl (C=O) groups excluding carboxylic acids is 2. The molecule has 15 heteroatoms. The Kier molecular flexibility index (Phi) is 9.96. The van der Waals surface area contributed by atoms with Gasteiger partial charge in [-0.2, -0.15) is 26.3 Å². The van der Waals surface area contributed by atoms with Crippen LogP contribution < -0.4 is 0 Å². The molecule has 1 fully saturated rings. The van der Waals surface area contributed by atoms with E-state index in [1.807, 2.05) is 0 Å². The first-order chi connectivity index (χ1) is 14.8. The fourth-order valence-corrected chi connectivity index (χ4v) is 4.73. The zero-order valence-corrected chi connectivity index (χ0v) is 19.5. The van der Waals surface area contributed by atoms with Crippen LogP contribution >= 0.6 is 7.60 Å². The molecular weight excluding hydrogens is 489 g/mol. The van der Waals surface area contributed by atoms with E-state index >= 15 is 0 Å². The number of methoxy groups -OCH3 is 1. The van der Waals surface area contributed by atoms with E-state index in [1.165, 1.54) is 27.9 Å². The van der Waals surface area contributed by atoms with Crippen molar-refractivity contribution in [3.63, 3.8) is 0 Å². The van der Waals surface area contributed by atoms with Crippen molar-refractivity contribution in [2.45, 2.75) is 64.5 Å². The third kappa shape index (κ3) is 10.3. The number of rotatable bonds is 10. The summed E-state index contributed by atoms with van der Waals surface area (Å²) in [5.74, 6) is -4.29. The molecule has 1 aliphatic rings. The van der Waals surface area contributed by atoms with Crippen molar-refractivity contribution >= 4 is 19.3 Å². The largest absolute Gasteiger partial charge is 0.469 e. The summed E-state index contributed by atoms with van der Waals surface area (Å²) in [7, 11) is -3.92. The molecule has 0 amide bonds. The Balaban J connectivity index is 2.98. The Labute approximate surface area is 186 Å². The number of Topliss-reactive ketones (excluding diaryl/α,β-unsaturated/α-hetero) is 1. The molecule has 0 bridgehead atoms. The van der Waals surface area contributed by atoms with Crippen LogP contribution in [-0.2, 0) is 37.4 Å². The van der Waals surface area contributed by atoms with Crippen molar-refractivity contribution in [3.05, 3.63) is 0 Å². The fraction of sp³-hybridized carbons (Fsp3) is 0.889. The highest BCUT2D eigenvalue weighted by molar-refractivity contribution is 7.54. The number of alkyl halides is 6. The van der Waals surface area contributed by atoms with Crippen LogP contribution in [0.25, 0.3) is 0 Å². The van der Waals surface area contributed by atoms with Crippen molar-refractivity contribution in [2.24, 2.45) is 11.8 Å². The van der Waals surface area contributed by atoms with Gasteiger partial charge in [-0.05, 0) is 20.8 Å². The van der Waals surface area contributed by atoms with Gasteiger partial charge < -0.3 is 14.2 Å². The van der Waals surface area contributed by atoms with E-state index in [0.29, 0.717) is 0 Å². The molecule has 0 N–H and O–H groups in total. The second kappa shape index (κ2) is 11.0. The maximum Gasteiger partial charge on any atom is 0.412 e. The Morgan fingerprint density at radius 3 is 1.94 bits per heavy atom. The summed E-state index contributed by atoms with van der Waals surface area (Å²) in [6.45, 7) is 1.78. The molecule has 0 saturated carbocycles. The van der Waals surface area contributed by atoms with Crippen LogP contribution in [0.2, 0.25) is 0 Å². The van der Waals surface area contributed by atoms with Gasteiger partial charge in [-0.3, -0.25) is 23.2 Å². The van der Waals surface area contributed by atoms with E-state index < -0.39 is 87.3 Å². The van der Waals surface area contributed by atoms with Crippen LogP contribution in [0.3, 0.4) is 0 Å². The minimum absolute atomic E-state index is 0.549. The summed E-state index contributed by atoms with van der Waals surface area (Å²) >= 11 is 0. The second-order valence-electron chi connectivity index (χ2n) is 8.10. The smallest absolute Gasteiger partial charge is 0.412 e. The molecule has 0 spiro atoms. The van der Waals surface area contributed by atoms with Gasteiger partial charge in [-0.15, -0.1) is 0 Å². The van der Waals surface area contributed by atoms with Gasteiger partial charge in [0.2, 0.25) is 0 Å². The predicted octanol–water partition coefficient (Wildman–Crippen LogP) is 4.26. The fourth-order valence-electron chi connectivity index (χ4n) is 3.23. The molecule has 33 heavy (non-hydrogen) atoms. The molecule has 0 radical (unpaired) electrons. The standard InChI is InChI=1S/C18H27F6O8P/c1-10-13(31-16(3,4)32-14(10)11(2)15(26)28-5)6-12(25)7-33(27,29-8-17(19,20)21)30-9-18(22,23)24/h10-11,13-14H,6-9H2,1-5H3/t10-,11+,13-,14-/m0/s1. The van der Waals surface area contributed by atoms with Gasteiger partial charge in [-0.1, -0.05) is 6.92 Å². The Hall–Kier alpha value is -1.21. The molecule has 1 rings (SSSR count). The maximum absolute atomic E-state index is 12.5. The Morgan fingerprint density at radius 1 is 1.03 bits per heavy atom. The van der Waals surface area contributed by atoms with Gasteiger partial charge >= 0.3 is 25.9 Å². The SMILES string of the molecule is COC(=O)[C@H](C)[C@H]1OC(C)(C)O[C@@H](CC(=O)CP(=O)(OCC(F)(F)F)OCC(F)(F)F)[C@@H]1C. The van der Waals surface area contributed by atoms with Crippen molar-refractivity contribution < 1.29 is 63.8 Å². The second-order valence-corrected chi connectivity index (χ2v) is 10.2. The van der Waals surface area contributed by atoms with Crippen molar-refractivity contribution in [1.82, 2.24) is 0 Å². The molecule has 0 aromatic carbocycles. The highest BCUT2D eigenvalue weighted by atomic mass is 31.2. The quantitative estimate of drug-likeness (QED) is 0.242. The van der Waals surface area contributed by atoms with Crippen LogP contribution in [0.15, 0.2) is 0 Å². The molecule has 1 saturated heterocycles. The number of carbonyl (C=O) groups is 2. The molecular formula is C18H27F6O8P. The minimum atomic E-state index is -5.09. The van der Waals surface area contributed by atoms with E-state index in [-0.39, 0.29) is 0 Å². The predicted molar refractivity (Wildman–Crippen MR) is 100 cm³/mol. The average Bonchev–Trinajstić information content (AvgIpc) is 2.65.